The normalized spacial score (nSPS) is 17.6. The average Bonchev–Trinajstić information content (AvgIpc) is 3.19. The van der Waals surface area contributed by atoms with Crippen molar-refractivity contribution in [1.29, 1.82) is 0 Å². The summed E-state index contributed by atoms with van der Waals surface area (Å²) >= 11 is 0. The van der Waals surface area contributed by atoms with Crippen molar-refractivity contribution in [1.82, 2.24) is 19.5 Å². The Morgan fingerprint density at radius 1 is 1.34 bits per heavy atom. The summed E-state index contributed by atoms with van der Waals surface area (Å²) in [5, 5.41) is 16.7. The molecule has 1 aliphatic carbocycles. The van der Waals surface area contributed by atoms with E-state index < -0.39 is 11.8 Å². The van der Waals surface area contributed by atoms with E-state index in [1.165, 1.54) is 6.20 Å². The van der Waals surface area contributed by atoms with Gasteiger partial charge in [0.15, 0.2) is 0 Å². The van der Waals surface area contributed by atoms with Crippen LogP contribution in [0.4, 0.5) is 10.1 Å². The van der Waals surface area contributed by atoms with Crippen LogP contribution in [0.2, 0.25) is 0 Å². The van der Waals surface area contributed by atoms with Gasteiger partial charge >= 0.3 is 0 Å². The molecule has 1 fully saturated rings. The molecule has 4 aromatic rings. The molecule has 10 heteroatoms. The molecule has 1 aliphatic rings. The number of aromatic nitrogens is 4. The molecule has 2 atom stereocenters. The minimum atomic E-state index is -0.919. The number of ether oxygens (including phenoxy) is 1. The fourth-order valence-electron chi connectivity index (χ4n) is 3.70. The molecule has 5 rings (SSSR count). The first kappa shape index (κ1) is 23.1. The smallest absolute Gasteiger partial charge is 0.274 e. The van der Waals surface area contributed by atoms with Gasteiger partial charge in [-0.2, -0.15) is 4.98 Å². The van der Waals surface area contributed by atoms with Gasteiger partial charge in [0.2, 0.25) is 11.7 Å². The number of rotatable bonds is 8. The SMILES string of the molecule is Cc1ccc(-c2noc([C@H]3C[C@H]3F)n2)cc1NC(=O)c1cnc2cc(COCC(C)(C)O)ccn12. The number of aryl methyl sites for hydroxylation is 1. The number of carbonyl (C=O) groups is 1. The van der Waals surface area contributed by atoms with Crippen LogP contribution in [0.25, 0.3) is 17.0 Å². The number of hydrogen-bond acceptors (Lipinski definition) is 7. The molecule has 3 aromatic heterocycles. The Morgan fingerprint density at radius 3 is 2.89 bits per heavy atom. The summed E-state index contributed by atoms with van der Waals surface area (Å²) in [6.45, 7) is 5.78. The second kappa shape index (κ2) is 8.86. The maximum absolute atomic E-state index is 13.3. The van der Waals surface area contributed by atoms with E-state index in [1.54, 1.807) is 30.5 Å². The Labute approximate surface area is 200 Å². The van der Waals surface area contributed by atoms with Crippen LogP contribution in [0, 0.1) is 6.92 Å². The van der Waals surface area contributed by atoms with Crippen molar-refractivity contribution < 1.29 is 23.6 Å². The largest absolute Gasteiger partial charge is 0.388 e. The Balaban J connectivity index is 1.31. The van der Waals surface area contributed by atoms with Crippen LogP contribution in [0.3, 0.4) is 0 Å². The zero-order chi connectivity index (χ0) is 24.7. The lowest BCUT2D eigenvalue weighted by atomic mass is 10.1. The number of carbonyl (C=O) groups excluding carboxylic acids is 1. The summed E-state index contributed by atoms with van der Waals surface area (Å²) in [5.74, 6) is 0.0124. The fraction of sp³-hybridized carbons (Fsp3) is 0.360. The van der Waals surface area contributed by atoms with Gasteiger partial charge in [0, 0.05) is 17.4 Å². The minimum Gasteiger partial charge on any atom is -0.388 e. The van der Waals surface area contributed by atoms with Gasteiger partial charge in [0.25, 0.3) is 5.91 Å². The lowest BCUT2D eigenvalue weighted by molar-refractivity contribution is -0.0268. The predicted octanol–water partition coefficient (Wildman–Crippen LogP) is 4.06. The molecule has 0 spiro atoms. The van der Waals surface area contributed by atoms with Crippen molar-refractivity contribution in [3.05, 3.63) is 65.4 Å². The van der Waals surface area contributed by atoms with Crippen LogP contribution in [0.5, 0.6) is 0 Å². The molecular weight excluding hydrogens is 453 g/mol. The highest BCUT2D eigenvalue weighted by Crippen LogP contribution is 2.43. The minimum absolute atomic E-state index is 0.209. The van der Waals surface area contributed by atoms with E-state index in [0.29, 0.717) is 47.3 Å². The number of fused-ring (bicyclic) bond motifs is 1. The van der Waals surface area contributed by atoms with Crippen molar-refractivity contribution in [3.8, 4) is 11.4 Å². The number of imidazole rings is 1. The number of amides is 1. The Kier molecular flexibility index (Phi) is 5.86. The Hall–Kier alpha value is -3.63. The summed E-state index contributed by atoms with van der Waals surface area (Å²) in [4.78, 5) is 21.7. The average molecular weight is 480 g/mol. The lowest BCUT2D eigenvalue weighted by Crippen LogP contribution is -2.25. The predicted molar refractivity (Wildman–Crippen MR) is 126 cm³/mol. The number of halogens is 1. The van der Waals surface area contributed by atoms with E-state index in [2.05, 4.69) is 20.4 Å². The molecule has 3 heterocycles. The van der Waals surface area contributed by atoms with Crippen LogP contribution in [-0.2, 0) is 11.3 Å². The molecule has 35 heavy (non-hydrogen) atoms. The summed E-state index contributed by atoms with van der Waals surface area (Å²) < 4.78 is 25.7. The number of nitrogens with zero attached hydrogens (tertiary/aromatic N) is 4. The summed E-state index contributed by atoms with van der Waals surface area (Å²) in [7, 11) is 0. The van der Waals surface area contributed by atoms with Gasteiger partial charge in [0.1, 0.15) is 17.5 Å². The van der Waals surface area contributed by atoms with Crippen LogP contribution in [0.1, 0.15) is 53.7 Å². The second-order valence-electron chi connectivity index (χ2n) is 9.51. The lowest BCUT2D eigenvalue weighted by Gasteiger charge is -2.16. The number of alkyl halides is 1. The topological polar surface area (TPSA) is 115 Å². The zero-order valence-corrected chi connectivity index (χ0v) is 19.7. The highest BCUT2D eigenvalue weighted by Gasteiger charge is 2.43. The fourth-order valence-corrected chi connectivity index (χ4v) is 3.70. The van der Waals surface area contributed by atoms with Crippen molar-refractivity contribution in [2.45, 2.75) is 51.5 Å². The molecule has 1 saturated carbocycles. The van der Waals surface area contributed by atoms with Crippen molar-refractivity contribution in [2.24, 2.45) is 0 Å². The van der Waals surface area contributed by atoms with Gasteiger partial charge in [-0.1, -0.05) is 17.3 Å². The first-order valence-corrected chi connectivity index (χ1v) is 11.3. The second-order valence-corrected chi connectivity index (χ2v) is 9.51. The van der Waals surface area contributed by atoms with Gasteiger partial charge in [0.05, 0.1) is 30.9 Å². The summed E-state index contributed by atoms with van der Waals surface area (Å²) in [6, 6.07) is 9.13. The first-order valence-electron chi connectivity index (χ1n) is 11.3. The number of nitrogens with one attached hydrogen (secondary N) is 1. The molecule has 1 amide bonds. The Morgan fingerprint density at radius 2 is 2.14 bits per heavy atom. The third-order valence-electron chi connectivity index (χ3n) is 5.75. The highest BCUT2D eigenvalue weighted by molar-refractivity contribution is 6.04. The number of pyridine rings is 1. The van der Waals surface area contributed by atoms with Crippen LogP contribution in [-0.4, -0.2) is 48.9 Å². The van der Waals surface area contributed by atoms with E-state index in [0.717, 1.165) is 11.1 Å². The molecule has 182 valence electrons. The maximum atomic E-state index is 13.3. The molecule has 0 saturated heterocycles. The van der Waals surface area contributed by atoms with E-state index in [9.17, 15) is 14.3 Å². The van der Waals surface area contributed by atoms with Crippen LogP contribution in [0.15, 0.2) is 47.2 Å². The molecule has 9 nitrogen and oxygen atoms in total. The third-order valence-corrected chi connectivity index (χ3v) is 5.75. The monoisotopic (exact) mass is 479 g/mol. The molecule has 0 unspecified atom stereocenters. The molecule has 2 N–H and O–H groups in total. The maximum Gasteiger partial charge on any atom is 0.274 e. The molecule has 0 aliphatic heterocycles. The molecule has 0 radical (unpaired) electrons. The number of aliphatic hydroxyl groups is 1. The van der Waals surface area contributed by atoms with Gasteiger partial charge in [-0.25, -0.2) is 9.37 Å². The number of anilines is 1. The van der Waals surface area contributed by atoms with Crippen LogP contribution < -0.4 is 5.32 Å². The van der Waals surface area contributed by atoms with Crippen molar-refractivity contribution >= 4 is 17.2 Å². The van der Waals surface area contributed by atoms with Gasteiger partial charge in [-0.3, -0.25) is 9.20 Å². The van der Waals surface area contributed by atoms with Gasteiger partial charge in [-0.05, 0) is 56.5 Å². The van der Waals surface area contributed by atoms with Gasteiger partial charge < -0.3 is 19.7 Å². The number of hydrogen-bond donors (Lipinski definition) is 2. The van der Waals surface area contributed by atoms with E-state index in [1.807, 2.05) is 31.2 Å². The zero-order valence-electron chi connectivity index (χ0n) is 19.7. The number of benzene rings is 1. The van der Waals surface area contributed by atoms with E-state index >= 15 is 0 Å². The molecule has 1 aromatic carbocycles. The molecule has 0 bridgehead atoms. The standard InChI is InChI=1S/C25H26FN5O4/c1-14-4-5-16(22-29-24(35-30-22)17-10-18(17)26)9-19(14)28-23(32)20-11-27-21-8-15(6-7-31(20)21)12-34-13-25(2,3)33/h4-9,11,17-18,33H,10,12-13H2,1-3H3,(H,28,32)/t17-,18+/m0/s1. The molecular formula is C25H26FN5O4. The Bertz CT molecular complexity index is 1390. The van der Waals surface area contributed by atoms with Crippen molar-refractivity contribution in [3.63, 3.8) is 0 Å². The quantitative estimate of drug-likeness (QED) is 0.392. The summed E-state index contributed by atoms with van der Waals surface area (Å²) in [6.07, 6.45) is 2.77. The first-order chi connectivity index (χ1) is 16.7. The third kappa shape index (κ3) is 5.08. The van der Waals surface area contributed by atoms with E-state index in [4.69, 9.17) is 9.26 Å². The van der Waals surface area contributed by atoms with Crippen LogP contribution >= 0.6 is 0 Å². The van der Waals surface area contributed by atoms with Crippen molar-refractivity contribution in [2.75, 3.05) is 11.9 Å². The van der Waals surface area contributed by atoms with E-state index in [-0.39, 0.29) is 18.4 Å². The van der Waals surface area contributed by atoms with Gasteiger partial charge in [-0.15, -0.1) is 0 Å². The highest BCUT2D eigenvalue weighted by atomic mass is 19.1. The summed E-state index contributed by atoms with van der Waals surface area (Å²) in [5.41, 5.74) is 3.07.